The summed E-state index contributed by atoms with van der Waals surface area (Å²) >= 11 is 0. The van der Waals surface area contributed by atoms with E-state index in [9.17, 15) is 0 Å². The van der Waals surface area contributed by atoms with E-state index in [1.54, 1.807) is 0 Å². The number of hydrogen-bond donors (Lipinski definition) is 0. The Hall–Kier alpha value is -5.08. The molecule has 8 rings (SSSR count). The lowest BCUT2D eigenvalue weighted by Gasteiger charge is -2.28. The van der Waals surface area contributed by atoms with Gasteiger partial charge in [0.1, 0.15) is 0 Å². The fourth-order valence-electron chi connectivity index (χ4n) is 7.46. The van der Waals surface area contributed by atoms with Crippen molar-refractivity contribution in [2.75, 3.05) is 0 Å². The molecule has 0 saturated heterocycles. The lowest BCUT2D eigenvalue weighted by atomic mass is 9.76. The van der Waals surface area contributed by atoms with Crippen molar-refractivity contribution in [3.8, 4) is 11.4 Å². The number of para-hydroxylation sites is 4. The molecule has 6 aromatic carbocycles. The minimum Gasteiger partial charge on any atom is -0.309 e. The number of aromatic nitrogens is 2. The van der Waals surface area contributed by atoms with Crippen molar-refractivity contribution in [2.45, 2.75) is 51.9 Å². The molecule has 0 fully saturated rings. The molecule has 0 atom stereocenters. The number of benzene rings is 6. The standard InChI is InChI=1S/C44H40N2/c1-43(2,3)32-26-30(42-37-22-11-14-25-40(37)45(41(42)28-32)33-17-7-6-8-18-33)29-44(4,5)31-16-15-19-34(27-31)46-38-23-12-9-20-35(38)36-21-10-13-24-39(36)46/h6-28H,29H2,1-5H3. The zero-order valence-corrected chi connectivity index (χ0v) is 27.4. The van der Waals surface area contributed by atoms with Crippen molar-refractivity contribution >= 4 is 43.6 Å². The minimum absolute atomic E-state index is 0.0154. The molecule has 0 N–H and O–H groups in total. The molecule has 2 nitrogen and oxygen atoms in total. The molecule has 8 aromatic rings. The molecule has 0 aliphatic rings. The van der Waals surface area contributed by atoms with Gasteiger partial charge in [0.25, 0.3) is 0 Å². The van der Waals surface area contributed by atoms with Crippen LogP contribution in [0.5, 0.6) is 0 Å². The molecule has 0 radical (unpaired) electrons. The Kier molecular flexibility index (Phi) is 6.48. The van der Waals surface area contributed by atoms with Gasteiger partial charge in [0.2, 0.25) is 0 Å². The monoisotopic (exact) mass is 596 g/mol. The normalized spacial score (nSPS) is 12.5. The van der Waals surface area contributed by atoms with Crippen LogP contribution in [0.15, 0.2) is 140 Å². The quantitative estimate of drug-likeness (QED) is 0.187. The van der Waals surface area contributed by atoms with Crippen molar-refractivity contribution in [1.29, 1.82) is 0 Å². The summed E-state index contributed by atoms with van der Waals surface area (Å²) in [6, 6.07) is 51.4. The molecule has 0 amide bonds. The second-order valence-electron chi connectivity index (χ2n) is 14.4. The first-order chi connectivity index (χ1) is 22.2. The average molecular weight is 597 g/mol. The van der Waals surface area contributed by atoms with E-state index in [1.807, 2.05) is 0 Å². The smallest absolute Gasteiger partial charge is 0.0546 e. The molecule has 2 heterocycles. The molecule has 0 spiro atoms. The van der Waals surface area contributed by atoms with Crippen LogP contribution in [-0.4, -0.2) is 9.13 Å². The zero-order chi connectivity index (χ0) is 31.6. The molecule has 0 aliphatic carbocycles. The van der Waals surface area contributed by atoms with Crippen LogP contribution in [0.1, 0.15) is 51.3 Å². The van der Waals surface area contributed by atoms with E-state index >= 15 is 0 Å². The SMILES string of the molecule is CC(C)(C)c1cc(CC(C)(C)c2cccc(-n3c4ccccc4c4ccccc43)c2)c2c3ccccc3n(-c3ccccc3)c2c1. The highest BCUT2D eigenvalue weighted by Crippen LogP contribution is 2.41. The molecule has 2 aromatic heterocycles. The highest BCUT2D eigenvalue weighted by Gasteiger charge is 2.27. The first kappa shape index (κ1) is 28.4. The maximum Gasteiger partial charge on any atom is 0.0546 e. The molecule has 0 aliphatic heterocycles. The van der Waals surface area contributed by atoms with Crippen molar-refractivity contribution < 1.29 is 0 Å². The maximum absolute atomic E-state index is 2.49. The van der Waals surface area contributed by atoms with E-state index in [0.29, 0.717) is 0 Å². The van der Waals surface area contributed by atoms with Crippen LogP contribution in [-0.2, 0) is 17.3 Å². The van der Waals surface area contributed by atoms with E-state index in [1.165, 1.54) is 71.7 Å². The summed E-state index contributed by atoms with van der Waals surface area (Å²) in [4.78, 5) is 0. The van der Waals surface area contributed by atoms with E-state index in [2.05, 4.69) is 183 Å². The number of fused-ring (bicyclic) bond motifs is 6. The largest absolute Gasteiger partial charge is 0.309 e. The Morgan fingerprint density at radius 1 is 0.435 bits per heavy atom. The van der Waals surface area contributed by atoms with Gasteiger partial charge in [-0.05, 0) is 82.5 Å². The Morgan fingerprint density at radius 3 is 1.59 bits per heavy atom. The third-order valence-electron chi connectivity index (χ3n) is 9.83. The topological polar surface area (TPSA) is 9.86 Å². The summed E-state index contributed by atoms with van der Waals surface area (Å²) in [6.07, 6.45) is 0.923. The van der Waals surface area contributed by atoms with Gasteiger partial charge in [0.05, 0.1) is 22.1 Å². The lowest BCUT2D eigenvalue weighted by molar-refractivity contribution is 0.522. The highest BCUT2D eigenvalue weighted by molar-refractivity contribution is 6.11. The fraction of sp³-hybridized carbons (Fsp3) is 0.182. The summed E-state index contributed by atoms with van der Waals surface area (Å²) in [5.41, 5.74) is 11.4. The number of nitrogens with zero attached hydrogens (tertiary/aromatic N) is 2. The molecular formula is C44H40N2. The zero-order valence-electron chi connectivity index (χ0n) is 27.4. The van der Waals surface area contributed by atoms with Gasteiger partial charge in [-0.25, -0.2) is 0 Å². The van der Waals surface area contributed by atoms with Crippen LogP contribution in [0.25, 0.3) is 55.0 Å². The minimum atomic E-state index is -0.117. The van der Waals surface area contributed by atoms with Gasteiger partial charge in [0.15, 0.2) is 0 Å². The molecule has 0 bridgehead atoms. The second kappa shape index (κ2) is 10.5. The average Bonchev–Trinajstić information content (AvgIpc) is 3.58. The summed E-state index contributed by atoms with van der Waals surface area (Å²) in [5.74, 6) is 0. The maximum atomic E-state index is 2.49. The van der Waals surface area contributed by atoms with Crippen LogP contribution >= 0.6 is 0 Å². The molecule has 226 valence electrons. The summed E-state index contributed by atoms with van der Waals surface area (Å²) in [7, 11) is 0. The second-order valence-corrected chi connectivity index (χ2v) is 14.4. The van der Waals surface area contributed by atoms with Crippen molar-refractivity contribution in [3.63, 3.8) is 0 Å². The van der Waals surface area contributed by atoms with Crippen LogP contribution in [0.2, 0.25) is 0 Å². The summed E-state index contributed by atoms with van der Waals surface area (Å²) in [5, 5.41) is 5.25. The van der Waals surface area contributed by atoms with E-state index < -0.39 is 0 Å². The van der Waals surface area contributed by atoms with Crippen molar-refractivity contribution in [3.05, 3.63) is 156 Å². The Morgan fingerprint density at radius 2 is 0.957 bits per heavy atom. The van der Waals surface area contributed by atoms with E-state index in [4.69, 9.17) is 0 Å². The van der Waals surface area contributed by atoms with Gasteiger partial charge in [-0.1, -0.05) is 126 Å². The first-order valence-corrected chi connectivity index (χ1v) is 16.4. The van der Waals surface area contributed by atoms with Gasteiger partial charge >= 0.3 is 0 Å². The number of hydrogen-bond acceptors (Lipinski definition) is 0. The first-order valence-electron chi connectivity index (χ1n) is 16.4. The third-order valence-corrected chi connectivity index (χ3v) is 9.83. The van der Waals surface area contributed by atoms with Crippen LogP contribution in [0.4, 0.5) is 0 Å². The van der Waals surface area contributed by atoms with Crippen LogP contribution < -0.4 is 0 Å². The van der Waals surface area contributed by atoms with E-state index in [-0.39, 0.29) is 10.8 Å². The highest BCUT2D eigenvalue weighted by atomic mass is 15.0. The Bertz CT molecular complexity index is 2340. The van der Waals surface area contributed by atoms with Gasteiger partial charge in [-0.15, -0.1) is 0 Å². The molecule has 46 heavy (non-hydrogen) atoms. The predicted octanol–water partition coefficient (Wildman–Crippen LogP) is 11.7. The lowest BCUT2D eigenvalue weighted by Crippen LogP contribution is -2.22. The van der Waals surface area contributed by atoms with E-state index in [0.717, 1.165) is 6.42 Å². The Balaban J connectivity index is 1.31. The molecule has 0 unspecified atom stereocenters. The molecule has 2 heteroatoms. The van der Waals surface area contributed by atoms with Gasteiger partial charge in [-0.3, -0.25) is 0 Å². The summed E-state index contributed by atoms with van der Waals surface area (Å²) in [6.45, 7) is 11.8. The van der Waals surface area contributed by atoms with Gasteiger partial charge in [-0.2, -0.15) is 0 Å². The van der Waals surface area contributed by atoms with Crippen LogP contribution in [0.3, 0.4) is 0 Å². The van der Waals surface area contributed by atoms with Crippen molar-refractivity contribution in [1.82, 2.24) is 9.13 Å². The Labute approximate surface area is 271 Å². The predicted molar refractivity (Wildman–Crippen MR) is 197 cm³/mol. The van der Waals surface area contributed by atoms with Gasteiger partial charge in [0, 0.05) is 32.9 Å². The third kappa shape index (κ3) is 4.55. The van der Waals surface area contributed by atoms with Crippen LogP contribution in [0, 0.1) is 0 Å². The molecular weight excluding hydrogens is 556 g/mol. The van der Waals surface area contributed by atoms with Crippen molar-refractivity contribution in [2.24, 2.45) is 0 Å². The summed E-state index contributed by atoms with van der Waals surface area (Å²) < 4.78 is 4.88. The van der Waals surface area contributed by atoms with Gasteiger partial charge < -0.3 is 9.13 Å². The number of rotatable bonds is 5. The fourth-order valence-corrected chi connectivity index (χ4v) is 7.46. The molecule has 0 saturated carbocycles.